The van der Waals surface area contributed by atoms with Gasteiger partial charge in [0.25, 0.3) is 0 Å². The third-order valence-corrected chi connectivity index (χ3v) is 2.02. The zero-order chi connectivity index (χ0) is 9.84. The van der Waals surface area contributed by atoms with Crippen molar-refractivity contribution in [2.45, 2.75) is 19.9 Å². The molecule has 0 aromatic carbocycles. The number of carbonyl (C=O) groups excluding carboxylic acids is 1. The predicted octanol–water partition coefficient (Wildman–Crippen LogP) is 1.86. The summed E-state index contributed by atoms with van der Waals surface area (Å²) in [6.07, 6.45) is 3.75. The molecule has 1 aromatic heterocycles. The van der Waals surface area contributed by atoms with Crippen LogP contribution in [-0.4, -0.2) is 17.6 Å². The fourth-order valence-electron chi connectivity index (χ4n) is 1.39. The Hall–Kier alpha value is -1.25. The lowest BCUT2D eigenvalue weighted by Crippen LogP contribution is -2.24. The van der Waals surface area contributed by atoms with Crippen molar-refractivity contribution in [1.29, 1.82) is 0 Å². The van der Waals surface area contributed by atoms with E-state index in [0.717, 1.165) is 0 Å². The second-order valence-electron chi connectivity index (χ2n) is 3.34. The Kier molecular flexibility index (Phi) is 3.12. The van der Waals surface area contributed by atoms with Crippen molar-refractivity contribution in [2.75, 3.05) is 7.11 Å². The van der Waals surface area contributed by atoms with Crippen molar-refractivity contribution < 1.29 is 9.53 Å². The molecule has 1 atom stereocenters. The van der Waals surface area contributed by atoms with Gasteiger partial charge >= 0.3 is 5.97 Å². The van der Waals surface area contributed by atoms with Crippen molar-refractivity contribution in [3.8, 4) is 0 Å². The van der Waals surface area contributed by atoms with E-state index in [1.165, 1.54) is 7.11 Å². The Morgan fingerprint density at radius 3 is 2.23 bits per heavy atom. The first-order chi connectivity index (χ1) is 6.16. The highest BCUT2D eigenvalue weighted by molar-refractivity contribution is 5.74. The number of aromatic nitrogens is 1. The molecule has 72 valence electrons. The highest BCUT2D eigenvalue weighted by Gasteiger charge is 2.23. The molecular weight excluding hydrogens is 166 g/mol. The molecule has 1 heterocycles. The Bertz CT molecular complexity index is 264. The molecule has 0 amide bonds. The number of carbonyl (C=O) groups is 1. The van der Waals surface area contributed by atoms with Crippen LogP contribution < -0.4 is 0 Å². The normalized spacial score (nSPS) is 12.9. The van der Waals surface area contributed by atoms with Crippen LogP contribution in [0.5, 0.6) is 0 Å². The maximum absolute atomic E-state index is 11.4. The maximum Gasteiger partial charge on any atom is 0.329 e. The van der Waals surface area contributed by atoms with E-state index in [1.54, 1.807) is 0 Å². The minimum absolute atomic E-state index is 0.189. The molecule has 0 bridgehead atoms. The highest BCUT2D eigenvalue weighted by Crippen LogP contribution is 2.18. The molecule has 0 radical (unpaired) electrons. The van der Waals surface area contributed by atoms with E-state index in [9.17, 15) is 4.79 Å². The molecule has 0 unspecified atom stereocenters. The summed E-state index contributed by atoms with van der Waals surface area (Å²) in [5.74, 6) is 0.0473. The van der Waals surface area contributed by atoms with Gasteiger partial charge in [-0.25, -0.2) is 4.79 Å². The summed E-state index contributed by atoms with van der Waals surface area (Å²) in [6.45, 7) is 4.00. The van der Waals surface area contributed by atoms with E-state index in [4.69, 9.17) is 4.74 Å². The molecule has 0 fully saturated rings. The summed E-state index contributed by atoms with van der Waals surface area (Å²) < 4.78 is 6.61. The molecule has 0 aliphatic heterocycles. The van der Waals surface area contributed by atoms with Gasteiger partial charge in [0.15, 0.2) is 0 Å². The number of methoxy groups -OCH3 is 1. The van der Waals surface area contributed by atoms with E-state index in [-0.39, 0.29) is 17.9 Å². The van der Waals surface area contributed by atoms with E-state index >= 15 is 0 Å². The largest absolute Gasteiger partial charge is 0.467 e. The van der Waals surface area contributed by atoms with Crippen LogP contribution in [0.1, 0.15) is 19.9 Å². The van der Waals surface area contributed by atoms with E-state index in [2.05, 4.69) is 0 Å². The molecule has 0 N–H and O–H groups in total. The van der Waals surface area contributed by atoms with Gasteiger partial charge in [-0.3, -0.25) is 0 Å². The Balaban J connectivity index is 2.87. The van der Waals surface area contributed by atoms with Gasteiger partial charge in [0, 0.05) is 12.4 Å². The topological polar surface area (TPSA) is 31.2 Å². The lowest BCUT2D eigenvalue weighted by atomic mass is 10.0. The molecule has 3 nitrogen and oxygen atoms in total. The van der Waals surface area contributed by atoms with Crippen LogP contribution in [-0.2, 0) is 9.53 Å². The molecule has 0 aliphatic rings. The third-order valence-electron chi connectivity index (χ3n) is 2.02. The number of ether oxygens (including phenoxy) is 1. The van der Waals surface area contributed by atoms with Gasteiger partial charge in [0.1, 0.15) is 6.04 Å². The molecule has 0 aliphatic carbocycles. The zero-order valence-corrected chi connectivity index (χ0v) is 8.23. The SMILES string of the molecule is COC(=O)[C@@H](C(C)C)n1cccc1. The Morgan fingerprint density at radius 2 is 1.85 bits per heavy atom. The number of hydrogen-bond donors (Lipinski definition) is 0. The lowest BCUT2D eigenvalue weighted by molar-refractivity contribution is -0.146. The van der Waals surface area contributed by atoms with Crippen molar-refractivity contribution >= 4 is 5.97 Å². The molecule has 0 saturated heterocycles. The number of rotatable bonds is 3. The minimum Gasteiger partial charge on any atom is -0.467 e. The van der Waals surface area contributed by atoms with Crippen LogP contribution in [0.4, 0.5) is 0 Å². The molecule has 0 saturated carbocycles. The predicted molar refractivity (Wildman–Crippen MR) is 50.3 cm³/mol. The molecule has 0 spiro atoms. The summed E-state index contributed by atoms with van der Waals surface area (Å²) in [7, 11) is 1.42. The van der Waals surface area contributed by atoms with Gasteiger partial charge in [-0.2, -0.15) is 0 Å². The zero-order valence-electron chi connectivity index (χ0n) is 8.23. The Morgan fingerprint density at radius 1 is 1.31 bits per heavy atom. The summed E-state index contributed by atoms with van der Waals surface area (Å²) in [5, 5.41) is 0. The van der Waals surface area contributed by atoms with E-state index in [0.29, 0.717) is 0 Å². The number of nitrogens with zero attached hydrogens (tertiary/aromatic N) is 1. The van der Waals surface area contributed by atoms with Crippen molar-refractivity contribution in [3.05, 3.63) is 24.5 Å². The van der Waals surface area contributed by atoms with Gasteiger partial charge in [-0.15, -0.1) is 0 Å². The maximum atomic E-state index is 11.4. The van der Waals surface area contributed by atoms with Crippen molar-refractivity contribution in [1.82, 2.24) is 4.57 Å². The molecule has 13 heavy (non-hydrogen) atoms. The van der Waals surface area contributed by atoms with Crippen LogP contribution in [0, 0.1) is 5.92 Å². The highest BCUT2D eigenvalue weighted by atomic mass is 16.5. The fraction of sp³-hybridized carbons (Fsp3) is 0.500. The quantitative estimate of drug-likeness (QED) is 0.666. The molecule has 1 aromatic rings. The Labute approximate surface area is 78.3 Å². The summed E-state index contributed by atoms with van der Waals surface area (Å²) in [5.41, 5.74) is 0. The van der Waals surface area contributed by atoms with Gasteiger partial charge < -0.3 is 9.30 Å². The minimum atomic E-state index is -0.208. The van der Waals surface area contributed by atoms with Crippen molar-refractivity contribution in [3.63, 3.8) is 0 Å². The first-order valence-corrected chi connectivity index (χ1v) is 4.37. The third kappa shape index (κ3) is 2.11. The van der Waals surface area contributed by atoms with Crippen LogP contribution in [0.25, 0.3) is 0 Å². The average molecular weight is 181 g/mol. The van der Waals surface area contributed by atoms with Gasteiger partial charge in [0.05, 0.1) is 7.11 Å². The van der Waals surface area contributed by atoms with Gasteiger partial charge in [0.2, 0.25) is 0 Å². The second kappa shape index (κ2) is 4.12. The van der Waals surface area contributed by atoms with Crippen LogP contribution in [0.2, 0.25) is 0 Å². The van der Waals surface area contributed by atoms with Crippen LogP contribution >= 0.6 is 0 Å². The number of hydrogen-bond acceptors (Lipinski definition) is 2. The first-order valence-electron chi connectivity index (χ1n) is 4.37. The van der Waals surface area contributed by atoms with Crippen LogP contribution in [0.15, 0.2) is 24.5 Å². The summed E-state index contributed by atoms with van der Waals surface area (Å²) in [6, 6.07) is 3.59. The number of esters is 1. The summed E-state index contributed by atoms with van der Waals surface area (Å²) >= 11 is 0. The fourth-order valence-corrected chi connectivity index (χ4v) is 1.39. The standard InChI is InChI=1S/C10H15NO2/c1-8(2)9(10(12)13-3)11-6-4-5-7-11/h4-9H,1-3H3/t9-/m1/s1. The molecule has 1 rings (SSSR count). The average Bonchev–Trinajstić information content (AvgIpc) is 2.56. The van der Waals surface area contributed by atoms with Gasteiger partial charge in [-0.05, 0) is 18.1 Å². The molecular formula is C10H15NO2. The van der Waals surface area contributed by atoms with E-state index in [1.807, 2.05) is 42.9 Å². The summed E-state index contributed by atoms with van der Waals surface area (Å²) in [4.78, 5) is 11.4. The smallest absolute Gasteiger partial charge is 0.329 e. The van der Waals surface area contributed by atoms with Crippen LogP contribution in [0.3, 0.4) is 0 Å². The second-order valence-corrected chi connectivity index (χ2v) is 3.34. The van der Waals surface area contributed by atoms with Gasteiger partial charge in [-0.1, -0.05) is 13.8 Å². The monoisotopic (exact) mass is 181 g/mol. The van der Waals surface area contributed by atoms with Crippen molar-refractivity contribution in [2.24, 2.45) is 5.92 Å². The first kappa shape index (κ1) is 9.84. The molecule has 3 heteroatoms. The van der Waals surface area contributed by atoms with E-state index < -0.39 is 0 Å². The lowest BCUT2D eigenvalue weighted by Gasteiger charge is -2.19.